The summed E-state index contributed by atoms with van der Waals surface area (Å²) in [6.45, 7) is 6.81. The highest BCUT2D eigenvalue weighted by molar-refractivity contribution is 5.75. The van der Waals surface area contributed by atoms with Crippen LogP contribution in [-0.4, -0.2) is 35.2 Å². The summed E-state index contributed by atoms with van der Waals surface area (Å²) in [7, 11) is 0. The lowest BCUT2D eigenvalue weighted by atomic mass is 10.1. The first kappa shape index (κ1) is 19.4. The van der Waals surface area contributed by atoms with E-state index in [4.69, 9.17) is 9.26 Å². The molecule has 27 heavy (non-hydrogen) atoms. The first-order valence-electron chi connectivity index (χ1n) is 9.80. The molecule has 0 fully saturated rings. The summed E-state index contributed by atoms with van der Waals surface area (Å²) in [5, 5.41) is 6.73. The highest BCUT2D eigenvalue weighted by atomic mass is 16.5. The Kier molecular flexibility index (Phi) is 6.87. The Morgan fingerprint density at radius 1 is 1.37 bits per heavy atom. The number of carbonyl (C=O) groups is 1. The molecule has 146 valence electrons. The topological polar surface area (TPSA) is 67.6 Å². The summed E-state index contributed by atoms with van der Waals surface area (Å²) in [5.41, 5.74) is 2.01. The van der Waals surface area contributed by atoms with E-state index in [0.29, 0.717) is 25.3 Å². The molecule has 2 aromatic rings. The van der Waals surface area contributed by atoms with Crippen LogP contribution in [0.15, 0.2) is 34.9 Å². The fraction of sp³-hybridized carbons (Fsp3) is 0.524. The van der Waals surface area contributed by atoms with Gasteiger partial charge in [0.15, 0.2) is 5.76 Å². The molecule has 1 aromatic carbocycles. The van der Waals surface area contributed by atoms with Crippen molar-refractivity contribution < 1.29 is 14.1 Å². The highest BCUT2D eigenvalue weighted by Gasteiger charge is 2.22. The third kappa shape index (κ3) is 5.82. The maximum absolute atomic E-state index is 12.2. The largest absolute Gasteiger partial charge is 0.489 e. The monoisotopic (exact) mass is 371 g/mol. The van der Waals surface area contributed by atoms with Crippen LogP contribution in [0.25, 0.3) is 0 Å². The third-order valence-corrected chi connectivity index (χ3v) is 4.79. The number of unbranched alkanes of at least 4 members (excludes halogenated alkanes) is 1. The number of carbonyl (C=O) groups excluding carboxylic acids is 1. The second-order valence-corrected chi connectivity index (χ2v) is 7.19. The van der Waals surface area contributed by atoms with Gasteiger partial charge in [-0.25, -0.2) is 0 Å². The van der Waals surface area contributed by atoms with E-state index < -0.39 is 0 Å². The maximum Gasteiger partial charge on any atom is 0.221 e. The van der Waals surface area contributed by atoms with Crippen molar-refractivity contribution in [3.63, 3.8) is 0 Å². The number of hydrogen-bond acceptors (Lipinski definition) is 5. The number of ether oxygens (including phenoxy) is 1. The van der Waals surface area contributed by atoms with Crippen LogP contribution in [0.2, 0.25) is 0 Å². The molecule has 0 aliphatic carbocycles. The van der Waals surface area contributed by atoms with Gasteiger partial charge in [-0.05, 0) is 25.8 Å². The molecule has 1 atom stereocenters. The minimum absolute atomic E-state index is 0.0209. The molecule has 1 amide bonds. The van der Waals surface area contributed by atoms with Crippen LogP contribution in [0.3, 0.4) is 0 Å². The number of aryl methyl sites for hydroxylation is 1. The number of rotatable bonds is 8. The van der Waals surface area contributed by atoms with Crippen LogP contribution in [0.4, 0.5) is 0 Å². The van der Waals surface area contributed by atoms with Gasteiger partial charge in [0.25, 0.3) is 0 Å². The van der Waals surface area contributed by atoms with E-state index >= 15 is 0 Å². The Morgan fingerprint density at radius 3 is 3.00 bits per heavy atom. The zero-order valence-corrected chi connectivity index (χ0v) is 16.2. The number of nitrogens with zero attached hydrogens (tertiary/aromatic N) is 2. The van der Waals surface area contributed by atoms with E-state index in [-0.39, 0.29) is 12.0 Å². The molecule has 0 bridgehead atoms. The summed E-state index contributed by atoms with van der Waals surface area (Å²) in [4.78, 5) is 14.5. The first-order chi connectivity index (χ1) is 13.1. The summed E-state index contributed by atoms with van der Waals surface area (Å²) >= 11 is 0. The van der Waals surface area contributed by atoms with E-state index in [0.717, 1.165) is 43.8 Å². The SMILES string of the molecule is CCCCC1CN(CCC(=O)NCc2cc(C)no2)Cc2ccccc2O1. The highest BCUT2D eigenvalue weighted by Crippen LogP contribution is 2.26. The first-order valence-corrected chi connectivity index (χ1v) is 9.80. The quantitative estimate of drug-likeness (QED) is 0.770. The van der Waals surface area contributed by atoms with Crippen molar-refractivity contribution in [1.82, 2.24) is 15.4 Å². The predicted octanol–water partition coefficient (Wildman–Crippen LogP) is 3.44. The Hall–Kier alpha value is -2.34. The lowest BCUT2D eigenvalue weighted by Gasteiger charge is -2.23. The molecular weight excluding hydrogens is 342 g/mol. The number of fused-ring (bicyclic) bond motifs is 1. The summed E-state index contributed by atoms with van der Waals surface area (Å²) in [5.74, 6) is 1.68. The third-order valence-electron chi connectivity index (χ3n) is 4.79. The zero-order valence-electron chi connectivity index (χ0n) is 16.2. The Bertz CT molecular complexity index is 744. The van der Waals surface area contributed by atoms with Crippen LogP contribution >= 0.6 is 0 Å². The Morgan fingerprint density at radius 2 is 2.22 bits per heavy atom. The van der Waals surface area contributed by atoms with E-state index in [1.54, 1.807) is 0 Å². The molecule has 2 heterocycles. The normalized spacial score (nSPS) is 17.0. The molecule has 0 spiro atoms. The Balaban J connectivity index is 1.53. The molecule has 3 rings (SSSR count). The summed E-state index contributed by atoms with van der Waals surface area (Å²) in [6, 6.07) is 10.0. The zero-order chi connectivity index (χ0) is 19.1. The van der Waals surface area contributed by atoms with Gasteiger partial charge in [-0.15, -0.1) is 0 Å². The predicted molar refractivity (Wildman–Crippen MR) is 103 cm³/mol. The minimum Gasteiger partial charge on any atom is -0.489 e. The molecule has 0 saturated carbocycles. The van der Waals surface area contributed by atoms with Gasteiger partial charge < -0.3 is 14.6 Å². The van der Waals surface area contributed by atoms with Gasteiger partial charge in [-0.3, -0.25) is 9.69 Å². The van der Waals surface area contributed by atoms with Crippen LogP contribution in [0, 0.1) is 6.92 Å². The van der Waals surface area contributed by atoms with Gasteiger partial charge in [-0.1, -0.05) is 36.7 Å². The molecule has 6 heteroatoms. The van der Waals surface area contributed by atoms with Crippen molar-refractivity contribution in [2.45, 2.75) is 58.7 Å². The minimum atomic E-state index is 0.0209. The average Bonchev–Trinajstić information content (AvgIpc) is 2.99. The molecule has 1 aliphatic rings. The van der Waals surface area contributed by atoms with Crippen molar-refractivity contribution >= 4 is 5.91 Å². The Labute approximate surface area is 160 Å². The molecule has 0 saturated heterocycles. The van der Waals surface area contributed by atoms with E-state index in [2.05, 4.69) is 28.4 Å². The van der Waals surface area contributed by atoms with Gasteiger partial charge in [0, 0.05) is 37.7 Å². The van der Waals surface area contributed by atoms with Gasteiger partial charge >= 0.3 is 0 Å². The molecular formula is C21H29N3O3. The number of para-hydroxylation sites is 1. The van der Waals surface area contributed by atoms with E-state index in [1.165, 1.54) is 5.56 Å². The second kappa shape index (κ2) is 9.55. The summed E-state index contributed by atoms with van der Waals surface area (Å²) in [6.07, 6.45) is 3.98. The van der Waals surface area contributed by atoms with Gasteiger partial charge in [0.05, 0.1) is 12.2 Å². The molecule has 6 nitrogen and oxygen atoms in total. The van der Waals surface area contributed by atoms with Crippen molar-refractivity contribution in [3.8, 4) is 5.75 Å². The standard InChI is InChI=1S/C21H29N3O3/c1-3-4-8-18-15-24(14-17-7-5-6-9-20(17)26-18)11-10-21(25)22-13-19-12-16(2)23-27-19/h5-7,9,12,18H,3-4,8,10-11,13-15H2,1-2H3,(H,22,25). The van der Waals surface area contributed by atoms with Crippen molar-refractivity contribution in [2.75, 3.05) is 13.1 Å². The fourth-order valence-electron chi connectivity index (χ4n) is 3.35. The van der Waals surface area contributed by atoms with Gasteiger partial charge in [0.1, 0.15) is 11.9 Å². The number of nitrogens with one attached hydrogen (secondary N) is 1. The fourth-order valence-corrected chi connectivity index (χ4v) is 3.35. The number of aromatic nitrogens is 1. The van der Waals surface area contributed by atoms with E-state index in [9.17, 15) is 4.79 Å². The van der Waals surface area contributed by atoms with Crippen LogP contribution in [-0.2, 0) is 17.9 Å². The van der Waals surface area contributed by atoms with Gasteiger partial charge in [0.2, 0.25) is 5.91 Å². The summed E-state index contributed by atoms with van der Waals surface area (Å²) < 4.78 is 11.4. The van der Waals surface area contributed by atoms with Gasteiger partial charge in [-0.2, -0.15) is 0 Å². The number of amides is 1. The molecule has 1 aliphatic heterocycles. The van der Waals surface area contributed by atoms with Crippen molar-refractivity contribution in [1.29, 1.82) is 0 Å². The second-order valence-electron chi connectivity index (χ2n) is 7.19. The van der Waals surface area contributed by atoms with Crippen LogP contribution in [0.1, 0.15) is 49.6 Å². The van der Waals surface area contributed by atoms with Crippen LogP contribution in [0.5, 0.6) is 5.75 Å². The number of hydrogen-bond donors (Lipinski definition) is 1. The van der Waals surface area contributed by atoms with Crippen LogP contribution < -0.4 is 10.1 Å². The van der Waals surface area contributed by atoms with Crippen molar-refractivity contribution in [2.24, 2.45) is 0 Å². The molecule has 0 radical (unpaired) electrons. The smallest absolute Gasteiger partial charge is 0.221 e. The average molecular weight is 371 g/mol. The molecule has 1 unspecified atom stereocenters. The molecule has 1 N–H and O–H groups in total. The lowest BCUT2D eigenvalue weighted by molar-refractivity contribution is -0.121. The molecule has 1 aromatic heterocycles. The number of benzene rings is 1. The lowest BCUT2D eigenvalue weighted by Crippen LogP contribution is -2.35. The maximum atomic E-state index is 12.2. The van der Waals surface area contributed by atoms with Crippen molar-refractivity contribution in [3.05, 3.63) is 47.3 Å². The van der Waals surface area contributed by atoms with E-state index in [1.807, 2.05) is 31.2 Å².